The molecule has 2 aromatic heterocycles. The van der Waals surface area contributed by atoms with Gasteiger partial charge in [0.25, 0.3) is 5.56 Å². The van der Waals surface area contributed by atoms with Crippen LogP contribution in [0, 0.1) is 23.0 Å². The summed E-state index contributed by atoms with van der Waals surface area (Å²) < 4.78 is 1.80. The van der Waals surface area contributed by atoms with Crippen LogP contribution in [0.4, 0.5) is 0 Å². The molecule has 0 bridgehead atoms. The maximum Gasteiger partial charge on any atom is 0.270 e. The fraction of sp³-hybridized carbons (Fsp3) is 0.273. The second kappa shape index (κ2) is 4.11. The van der Waals surface area contributed by atoms with Crippen molar-refractivity contribution in [2.24, 2.45) is 0 Å². The zero-order valence-electron chi connectivity index (χ0n) is 9.44. The minimum absolute atomic E-state index is 0.120. The molecule has 2 rings (SSSR count). The third-order valence-electron chi connectivity index (χ3n) is 2.60. The molecule has 0 unspecified atom stereocenters. The van der Waals surface area contributed by atoms with Gasteiger partial charge in [-0.05, 0) is 32.1 Å². The number of aromatic nitrogens is 3. The topological polar surface area (TPSA) is 74.5 Å². The molecule has 6 heteroatoms. The number of H-pyrrole nitrogens is 1. The Morgan fingerprint density at radius 3 is 2.94 bits per heavy atom. The highest BCUT2D eigenvalue weighted by atomic mass is 32.1. The van der Waals surface area contributed by atoms with Gasteiger partial charge < -0.3 is 4.98 Å². The molecule has 0 aliphatic rings. The summed E-state index contributed by atoms with van der Waals surface area (Å²) in [5.41, 5.74) is 1.13. The molecule has 2 aromatic rings. The van der Waals surface area contributed by atoms with E-state index in [1.807, 2.05) is 19.9 Å². The maximum absolute atomic E-state index is 11.9. The summed E-state index contributed by atoms with van der Waals surface area (Å²) in [6.45, 7) is 4.13. The molecule has 0 saturated heterocycles. The highest BCUT2D eigenvalue weighted by molar-refractivity contribution is 7.71. The summed E-state index contributed by atoms with van der Waals surface area (Å²) in [6.07, 6.45) is 0. The summed E-state index contributed by atoms with van der Waals surface area (Å²) in [5, 5.41) is 9.68. The lowest BCUT2D eigenvalue weighted by atomic mass is 10.2. The summed E-state index contributed by atoms with van der Waals surface area (Å²) in [5.74, 6) is 0. The van der Waals surface area contributed by atoms with Crippen molar-refractivity contribution in [3.63, 3.8) is 0 Å². The van der Waals surface area contributed by atoms with E-state index in [4.69, 9.17) is 17.5 Å². The van der Waals surface area contributed by atoms with Crippen molar-refractivity contribution in [1.82, 2.24) is 14.5 Å². The molecular weight excluding hydrogens is 236 g/mol. The Hall–Kier alpha value is -2.00. The number of fused-ring (bicyclic) bond motifs is 1. The van der Waals surface area contributed by atoms with Gasteiger partial charge in [0.05, 0.1) is 0 Å². The van der Waals surface area contributed by atoms with Gasteiger partial charge in [-0.25, -0.2) is 4.98 Å². The van der Waals surface area contributed by atoms with Crippen molar-refractivity contribution in [3.05, 3.63) is 32.4 Å². The van der Waals surface area contributed by atoms with Crippen LogP contribution in [-0.2, 0) is 6.54 Å². The number of pyridine rings is 1. The van der Waals surface area contributed by atoms with E-state index in [-0.39, 0.29) is 11.1 Å². The van der Waals surface area contributed by atoms with Crippen LogP contribution in [0.25, 0.3) is 11.0 Å². The monoisotopic (exact) mass is 246 g/mol. The number of aromatic amines is 1. The highest BCUT2D eigenvalue weighted by Gasteiger charge is 2.10. The smallest absolute Gasteiger partial charge is 0.270 e. The number of nitrogens with one attached hydrogen (secondary N) is 1. The number of nitrogens with zero attached hydrogens (tertiary/aromatic N) is 3. The normalized spacial score (nSPS) is 10.4. The molecule has 0 fully saturated rings. The second-order valence-corrected chi connectivity index (χ2v) is 4.01. The number of aryl methyl sites for hydroxylation is 2. The first-order valence-electron chi connectivity index (χ1n) is 5.13. The van der Waals surface area contributed by atoms with E-state index in [1.54, 1.807) is 6.07 Å². The number of nitriles is 1. The van der Waals surface area contributed by atoms with E-state index in [1.165, 1.54) is 4.57 Å². The van der Waals surface area contributed by atoms with Gasteiger partial charge in [0.2, 0.25) is 0 Å². The fourth-order valence-corrected chi connectivity index (χ4v) is 2.02. The summed E-state index contributed by atoms with van der Waals surface area (Å²) in [4.78, 5) is 19.0. The Labute approximate surface area is 102 Å². The molecule has 0 radical (unpaired) electrons. The van der Waals surface area contributed by atoms with Gasteiger partial charge >= 0.3 is 0 Å². The van der Waals surface area contributed by atoms with Crippen LogP contribution in [0.1, 0.15) is 18.2 Å². The summed E-state index contributed by atoms with van der Waals surface area (Å²) >= 11 is 4.99. The molecule has 0 saturated carbocycles. The minimum Gasteiger partial charge on any atom is -0.334 e. The molecule has 0 aliphatic heterocycles. The average molecular weight is 246 g/mol. The first-order chi connectivity index (χ1) is 8.08. The third kappa shape index (κ3) is 1.74. The lowest BCUT2D eigenvalue weighted by Gasteiger charge is -2.08. The minimum atomic E-state index is -0.324. The van der Waals surface area contributed by atoms with Crippen LogP contribution in [0.15, 0.2) is 10.9 Å². The van der Waals surface area contributed by atoms with Crippen LogP contribution >= 0.6 is 12.2 Å². The van der Waals surface area contributed by atoms with Crippen LogP contribution in [-0.4, -0.2) is 14.5 Å². The van der Waals surface area contributed by atoms with Crippen LogP contribution in [0.2, 0.25) is 0 Å². The highest BCUT2D eigenvalue weighted by Crippen LogP contribution is 2.14. The Morgan fingerprint density at radius 1 is 1.65 bits per heavy atom. The third-order valence-corrected chi connectivity index (χ3v) is 2.80. The van der Waals surface area contributed by atoms with Gasteiger partial charge in [-0.15, -0.1) is 0 Å². The van der Waals surface area contributed by atoms with E-state index in [9.17, 15) is 4.79 Å². The number of rotatable bonds is 1. The van der Waals surface area contributed by atoms with E-state index in [0.29, 0.717) is 17.0 Å². The van der Waals surface area contributed by atoms with Crippen molar-refractivity contribution in [2.45, 2.75) is 20.4 Å². The second-order valence-electron chi connectivity index (χ2n) is 3.62. The number of hydrogen-bond acceptors (Lipinski definition) is 4. The predicted molar refractivity (Wildman–Crippen MR) is 66.3 cm³/mol. The first-order valence-corrected chi connectivity index (χ1v) is 5.54. The van der Waals surface area contributed by atoms with Crippen molar-refractivity contribution in [2.75, 3.05) is 0 Å². The van der Waals surface area contributed by atoms with Gasteiger partial charge in [-0.2, -0.15) is 5.26 Å². The molecular formula is C11H10N4OS. The van der Waals surface area contributed by atoms with E-state index < -0.39 is 0 Å². The Bertz CT molecular complexity index is 751. The van der Waals surface area contributed by atoms with Gasteiger partial charge in [-0.1, -0.05) is 0 Å². The molecule has 5 nitrogen and oxygen atoms in total. The van der Waals surface area contributed by atoms with Gasteiger partial charge in [-0.3, -0.25) is 9.36 Å². The lowest BCUT2D eigenvalue weighted by molar-refractivity contribution is 0.744. The largest absolute Gasteiger partial charge is 0.334 e. The quantitative estimate of drug-likeness (QED) is 0.776. The molecule has 17 heavy (non-hydrogen) atoms. The van der Waals surface area contributed by atoms with Crippen molar-refractivity contribution < 1.29 is 0 Å². The SMILES string of the molecule is CCn1c(=O)c(C#N)cc2c(C)[nH]c(=S)nc21. The zero-order valence-corrected chi connectivity index (χ0v) is 10.3. The Kier molecular flexibility index (Phi) is 2.77. The van der Waals surface area contributed by atoms with Gasteiger partial charge in [0, 0.05) is 17.6 Å². The van der Waals surface area contributed by atoms with Crippen molar-refractivity contribution in [3.8, 4) is 6.07 Å². The molecule has 0 amide bonds. The first kappa shape index (κ1) is 11.5. The van der Waals surface area contributed by atoms with E-state index >= 15 is 0 Å². The summed E-state index contributed by atoms with van der Waals surface area (Å²) in [6, 6.07) is 3.46. The predicted octanol–water partition coefficient (Wildman–Crippen LogP) is 1.65. The maximum atomic E-state index is 11.9. The molecule has 1 N–H and O–H groups in total. The van der Waals surface area contributed by atoms with Crippen molar-refractivity contribution in [1.29, 1.82) is 5.26 Å². The molecule has 0 aliphatic carbocycles. The standard InChI is InChI=1S/C11H10N4OS/c1-3-15-9-8(4-7(5-12)10(15)16)6(2)13-11(17)14-9/h4H,3H2,1-2H3,(H,13,14,17). The number of hydrogen-bond donors (Lipinski definition) is 1. The van der Waals surface area contributed by atoms with Crippen molar-refractivity contribution >= 4 is 23.3 Å². The van der Waals surface area contributed by atoms with Gasteiger partial charge in [0.15, 0.2) is 4.77 Å². The molecule has 2 heterocycles. The zero-order chi connectivity index (χ0) is 12.6. The molecule has 0 aromatic carbocycles. The summed E-state index contributed by atoms with van der Waals surface area (Å²) in [7, 11) is 0. The Morgan fingerprint density at radius 2 is 2.35 bits per heavy atom. The van der Waals surface area contributed by atoms with Crippen LogP contribution < -0.4 is 5.56 Å². The van der Waals surface area contributed by atoms with Crippen LogP contribution in [0.3, 0.4) is 0 Å². The van der Waals surface area contributed by atoms with E-state index in [0.717, 1.165) is 11.1 Å². The Balaban J connectivity index is 3.10. The molecule has 0 atom stereocenters. The fourth-order valence-electron chi connectivity index (χ4n) is 1.78. The van der Waals surface area contributed by atoms with E-state index in [2.05, 4.69) is 9.97 Å². The average Bonchev–Trinajstić information content (AvgIpc) is 2.28. The molecule has 86 valence electrons. The van der Waals surface area contributed by atoms with Crippen LogP contribution in [0.5, 0.6) is 0 Å². The molecule has 0 spiro atoms. The lowest BCUT2D eigenvalue weighted by Crippen LogP contribution is -2.23. The van der Waals surface area contributed by atoms with Gasteiger partial charge in [0.1, 0.15) is 17.3 Å².